The van der Waals surface area contributed by atoms with Gasteiger partial charge in [-0.1, -0.05) is 231 Å². The Hall–Kier alpha value is -8.52. The van der Waals surface area contributed by atoms with Crippen molar-refractivity contribution in [2.75, 3.05) is 4.90 Å². The largest absolute Gasteiger partial charge is 0.310 e. The fraction of sp³-hybridized carbons (Fsp3) is 0.0154. The molecule has 1 heteroatoms. The molecule has 2 aliphatic rings. The van der Waals surface area contributed by atoms with E-state index in [1.807, 2.05) is 0 Å². The van der Waals surface area contributed by atoms with Gasteiger partial charge in [0, 0.05) is 16.9 Å². The van der Waals surface area contributed by atoms with Crippen LogP contribution >= 0.6 is 0 Å². The number of nitrogens with zero attached hydrogens (tertiary/aromatic N) is 1. The van der Waals surface area contributed by atoms with E-state index in [0.717, 1.165) is 17.1 Å². The van der Waals surface area contributed by atoms with Crippen LogP contribution < -0.4 is 4.90 Å². The molecule has 0 fully saturated rings. The summed E-state index contributed by atoms with van der Waals surface area (Å²) in [6.45, 7) is 0. The first-order valence-electron chi connectivity index (χ1n) is 22.9. The maximum Gasteiger partial charge on any atom is 0.0726 e. The molecule has 0 aliphatic heterocycles. The highest BCUT2D eigenvalue weighted by Gasteiger charge is 2.51. The minimum atomic E-state index is -0.479. The van der Waals surface area contributed by atoms with E-state index >= 15 is 0 Å². The summed E-state index contributed by atoms with van der Waals surface area (Å²) in [4.78, 5) is 2.51. The number of rotatable bonds is 7. The molecule has 0 unspecified atom stereocenters. The second-order valence-corrected chi connectivity index (χ2v) is 17.5. The van der Waals surface area contributed by atoms with Gasteiger partial charge in [0.2, 0.25) is 0 Å². The summed E-state index contributed by atoms with van der Waals surface area (Å²) < 4.78 is 0. The first-order chi connectivity index (χ1) is 32.8. The van der Waals surface area contributed by atoms with Crippen LogP contribution in [0.15, 0.2) is 261 Å². The zero-order chi connectivity index (χ0) is 43.6. The van der Waals surface area contributed by atoms with Gasteiger partial charge in [-0.2, -0.15) is 0 Å². The summed E-state index contributed by atoms with van der Waals surface area (Å²) in [5, 5.41) is 2.49. The molecule has 11 aromatic carbocycles. The van der Waals surface area contributed by atoms with Gasteiger partial charge in [0.25, 0.3) is 0 Å². The van der Waals surface area contributed by atoms with Crippen LogP contribution in [0.25, 0.3) is 77.5 Å². The Balaban J connectivity index is 1.10. The lowest BCUT2D eigenvalue weighted by Crippen LogP contribution is -2.26. The lowest BCUT2D eigenvalue weighted by atomic mass is 9.70. The molecule has 0 aromatic heterocycles. The summed E-state index contributed by atoms with van der Waals surface area (Å²) in [6, 6.07) is 96.4. The van der Waals surface area contributed by atoms with Crippen molar-refractivity contribution in [1.29, 1.82) is 0 Å². The van der Waals surface area contributed by atoms with Gasteiger partial charge in [-0.25, -0.2) is 0 Å². The molecule has 1 spiro atoms. The highest BCUT2D eigenvalue weighted by Crippen LogP contribution is 2.63. The third-order valence-electron chi connectivity index (χ3n) is 14.1. The molecule has 13 rings (SSSR count). The van der Waals surface area contributed by atoms with Crippen molar-refractivity contribution in [2.45, 2.75) is 5.41 Å². The van der Waals surface area contributed by atoms with E-state index < -0.39 is 5.41 Å². The third-order valence-corrected chi connectivity index (χ3v) is 14.1. The second kappa shape index (κ2) is 15.3. The van der Waals surface area contributed by atoms with E-state index in [4.69, 9.17) is 0 Å². The quantitative estimate of drug-likeness (QED) is 0.155. The van der Waals surface area contributed by atoms with Crippen molar-refractivity contribution in [1.82, 2.24) is 0 Å². The minimum Gasteiger partial charge on any atom is -0.310 e. The summed E-state index contributed by atoms with van der Waals surface area (Å²) in [5.41, 5.74) is 22.8. The smallest absolute Gasteiger partial charge is 0.0726 e. The molecule has 1 nitrogen and oxygen atoms in total. The van der Waals surface area contributed by atoms with Crippen LogP contribution in [0, 0.1) is 0 Å². The van der Waals surface area contributed by atoms with Gasteiger partial charge >= 0.3 is 0 Å². The summed E-state index contributed by atoms with van der Waals surface area (Å²) in [6.07, 6.45) is 0. The molecule has 308 valence electrons. The molecule has 0 saturated heterocycles. The molecule has 2 aliphatic carbocycles. The molecule has 0 radical (unpaired) electrons. The maximum atomic E-state index is 2.51. The second-order valence-electron chi connectivity index (χ2n) is 17.5. The standard InChI is InChI=1S/C65H43N/c1-3-19-44(20-4-1)52-26-9-10-30-58(52)64-53(46-21-5-2-6-22-46)32-18-36-63(64)66(48-39-37-47(38-40-48)51-31-17-24-45-23-7-8-25-50(45)51)49-41-42-57-56-29-13-16-35-61(56)65(62(57)43-49)59-33-14-11-27-54(59)55-28-12-15-34-60(55)65/h1-43H. The van der Waals surface area contributed by atoms with Crippen LogP contribution in [0.4, 0.5) is 17.1 Å². The van der Waals surface area contributed by atoms with E-state index in [1.54, 1.807) is 0 Å². The van der Waals surface area contributed by atoms with Gasteiger partial charge < -0.3 is 4.90 Å². The van der Waals surface area contributed by atoms with Crippen molar-refractivity contribution < 1.29 is 0 Å². The van der Waals surface area contributed by atoms with Gasteiger partial charge in [0.1, 0.15) is 0 Å². The van der Waals surface area contributed by atoms with Crippen LogP contribution in [0.2, 0.25) is 0 Å². The van der Waals surface area contributed by atoms with E-state index in [9.17, 15) is 0 Å². The molecule has 0 amide bonds. The van der Waals surface area contributed by atoms with Crippen LogP contribution in [0.3, 0.4) is 0 Å². The Kier molecular flexibility index (Phi) is 8.82. The fourth-order valence-electron chi connectivity index (χ4n) is 11.4. The Morgan fingerprint density at radius 2 is 0.697 bits per heavy atom. The third kappa shape index (κ3) is 5.73. The average molecular weight is 838 g/mol. The van der Waals surface area contributed by atoms with E-state index in [1.165, 1.54) is 99.8 Å². The average Bonchev–Trinajstić information content (AvgIpc) is 3.86. The highest BCUT2D eigenvalue weighted by molar-refractivity contribution is 6.03. The normalized spacial score (nSPS) is 12.7. The maximum absolute atomic E-state index is 2.51. The highest BCUT2D eigenvalue weighted by atomic mass is 15.1. The molecular weight excluding hydrogens is 795 g/mol. The first kappa shape index (κ1) is 38.0. The van der Waals surface area contributed by atoms with Crippen LogP contribution in [-0.4, -0.2) is 0 Å². The Labute approximate surface area is 386 Å². The van der Waals surface area contributed by atoms with E-state index in [0.29, 0.717) is 0 Å². The summed E-state index contributed by atoms with van der Waals surface area (Å²) >= 11 is 0. The van der Waals surface area contributed by atoms with Gasteiger partial charge in [-0.3, -0.25) is 0 Å². The van der Waals surface area contributed by atoms with Crippen molar-refractivity contribution in [3.63, 3.8) is 0 Å². The molecular formula is C65H43N. The fourth-order valence-corrected chi connectivity index (χ4v) is 11.4. The lowest BCUT2D eigenvalue weighted by Gasteiger charge is -2.33. The number of hydrogen-bond donors (Lipinski definition) is 0. The molecule has 11 aromatic rings. The van der Waals surface area contributed by atoms with E-state index in [2.05, 4.69) is 266 Å². The van der Waals surface area contributed by atoms with Crippen molar-refractivity contribution in [2.24, 2.45) is 0 Å². The van der Waals surface area contributed by atoms with Crippen molar-refractivity contribution >= 4 is 27.8 Å². The molecule has 0 saturated carbocycles. The van der Waals surface area contributed by atoms with Gasteiger partial charge in [0.05, 0.1) is 11.1 Å². The van der Waals surface area contributed by atoms with Crippen molar-refractivity contribution in [3.8, 4) is 66.8 Å². The Morgan fingerprint density at radius 3 is 1.35 bits per heavy atom. The van der Waals surface area contributed by atoms with Gasteiger partial charge in [-0.05, 0) is 125 Å². The monoisotopic (exact) mass is 837 g/mol. The van der Waals surface area contributed by atoms with Crippen LogP contribution in [-0.2, 0) is 5.41 Å². The lowest BCUT2D eigenvalue weighted by molar-refractivity contribution is 0.793. The van der Waals surface area contributed by atoms with E-state index in [-0.39, 0.29) is 0 Å². The van der Waals surface area contributed by atoms with Gasteiger partial charge in [0.15, 0.2) is 0 Å². The zero-order valence-electron chi connectivity index (χ0n) is 36.3. The number of hydrogen-bond acceptors (Lipinski definition) is 1. The summed E-state index contributed by atoms with van der Waals surface area (Å²) in [7, 11) is 0. The predicted octanol–water partition coefficient (Wildman–Crippen LogP) is 17.3. The zero-order valence-corrected chi connectivity index (χ0v) is 36.3. The number of fused-ring (bicyclic) bond motifs is 11. The Bertz CT molecular complexity index is 3570. The SMILES string of the molecule is c1ccc(-c2ccccc2-c2c(-c3ccccc3)cccc2N(c2ccc(-c3cccc4ccccc34)cc2)c2ccc3c(c2)C2(c4ccccc4-c4ccccc42)c2ccccc2-3)cc1. The molecule has 0 bridgehead atoms. The number of anilines is 3. The summed E-state index contributed by atoms with van der Waals surface area (Å²) in [5.74, 6) is 0. The molecule has 66 heavy (non-hydrogen) atoms. The molecule has 0 atom stereocenters. The van der Waals surface area contributed by atoms with Crippen LogP contribution in [0.5, 0.6) is 0 Å². The molecule has 0 heterocycles. The van der Waals surface area contributed by atoms with Crippen LogP contribution in [0.1, 0.15) is 22.3 Å². The Morgan fingerprint density at radius 1 is 0.258 bits per heavy atom. The minimum absolute atomic E-state index is 0.479. The topological polar surface area (TPSA) is 3.24 Å². The molecule has 0 N–H and O–H groups in total. The first-order valence-corrected chi connectivity index (χ1v) is 22.9. The van der Waals surface area contributed by atoms with Gasteiger partial charge in [-0.15, -0.1) is 0 Å². The predicted molar refractivity (Wildman–Crippen MR) is 277 cm³/mol. The number of benzene rings is 11. The van der Waals surface area contributed by atoms with Crippen molar-refractivity contribution in [3.05, 3.63) is 283 Å².